The van der Waals surface area contributed by atoms with Crippen LogP contribution in [0, 0.1) is 0 Å². The Labute approximate surface area is 173 Å². The zero-order valence-electron chi connectivity index (χ0n) is 15.9. The number of nitrogens with one attached hydrogen (secondary N) is 1. The molecular weight excluding hydrogens is 383 g/mol. The standard InChI is InChI=1S/C21H27ClN2O2.ClH/c1-25-20-13-17(12-19(22)21(20)26-2)14-23-18-8-10-24(11-9-18)15-16-6-4-3-5-7-16;/h3-7,12-13,18,23H,8-11,14-15H2,1-2H3;1H. The van der Waals surface area contributed by atoms with Crippen molar-refractivity contribution in [1.29, 1.82) is 0 Å². The summed E-state index contributed by atoms with van der Waals surface area (Å²) in [4.78, 5) is 2.53. The summed E-state index contributed by atoms with van der Waals surface area (Å²) in [6.07, 6.45) is 2.32. The summed E-state index contributed by atoms with van der Waals surface area (Å²) >= 11 is 6.29. The van der Waals surface area contributed by atoms with Gasteiger partial charge in [-0.05, 0) is 49.2 Å². The van der Waals surface area contributed by atoms with Crippen molar-refractivity contribution in [2.75, 3.05) is 27.3 Å². The summed E-state index contributed by atoms with van der Waals surface area (Å²) in [5.41, 5.74) is 2.50. The topological polar surface area (TPSA) is 33.7 Å². The molecule has 0 aromatic heterocycles. The summed E-state index contributed by atoms with van der Waals surface area (Å²) < 4.78 is 10.7. The summed E-state index contributed by atoms with van der Waals surface area (Å²) in [6, 6.07) is 15.2. The van der Waals surface area contributed by atoms with Crippen molar-refractivity contribution in [2.45, 2.75) is 32.0 Å². The number of hydrogen-bond donors (Lipinski definition) is 1. The highest BCUT2D eigenvalue weighted by atomic mass is 35.5. The smallest absolute Gasteiger partial charge is 0.179 e. The molecule has 0 spiro atoms. The van der Waals surface area contributed by atoms with Gasteiger partial charge < -0.3 is 14.8 Å². The molecule has 1 aliphatic rings. The fourth-order valence-electron chi connectivity index (χ4n) is 3.47. The van der Waals surface area contributed by atoms with Crippen molar-refractivity contribution in [2.24, 2.45) is 0 Å². The van der Waals surface area contributed by atoms with E-state index in [1.165, 1.54) is 5.56 Å². The van der Waals surface area contributed by atoms with E-state index in [1.54, 1.807) is 14.2 Å². The number of ether oxygens (including phenoxy) is 2. The Morgan fingerprint density at radius 2 is 1.74 bits per heavy atom. The highest BCUT2D eigenvalue weighted by molar-refractivity contribution is 6.32. The largest absolute Gasteiger partial charge is 0.493 e. The van der Waals surface area contributed by atoms with Gasteiger partial charge in [-0.2, -0.15) is 0 Å². The predicted molar refractivity (Wildman–Crippen MR) is 113 cm³/mol. The predicted octanol–water partition coefficient (Wildman–Crippen LogP) is 4.53. The molecule has 0 amide bonds. The molecule has 148 valence electrons. The van der Waals surface area contributed by atoms with Crippen molar-refractivity contribution in [3.05, 3.63) is 58.6 Å². The van der Waals surface area contributed by atoms with E-state index in [-0.39, 0.29) is 12.4 Å². The zero-order chi connectivity index (χ0) is 18.4. The molecule has 1 fully saturated rings. The van der Waals surface area contributed by atoms with Crippen molar-refractivity contribution in [1.82, 2.24) is 10.2 Å². The van der Waals surface area contributed by atoms with Gasteiger partial charge in [0.25, 0.3) is 0 Å². The van der Waals surface area contributed by atoms with Gasteiger partial charge in [-0.15, -0.1) is 12.4 Å². The Balaban J connectivity index is 0.00000261. The first-order valence-corrected chi connectivity index (χ1v) is 9.47. The Morgan fingerprint density at radius 3 is 2.37 bits per heavy atom. The van der Waals surface area contributed by atoms with Gasteiger partial charge in [0.2, 0.25) is 0 Å². The first kappa shape index (κ1) is 21.8. The summed E-state index contributed by atoms with van der Waals surface area (Å²) in [6.45, 7) is 4.07. The van der Waals surface area contributed by atoms with Crippen molar-refractivity contribution < 1.29 is 9.47 Å². The highest BCUT2D eigenvalue weighted by Crippen LogP contribution is 2.36. The van der Waals surface area contributed by atoms with Crippen LogP contribution in [0.25, 0.3) is 0 Å². The number of benzene rings is 2. The third-order valence-corrected chi connectivity index (χ3v) is 5.21. The zero-order valence-corrected chi connectivity index (χ0v) is 17.5. The fraction of sp³-hybridized carbons (Fsp3) is 0.429. The van der Waals surface area contributed by atoms with Gasteiger partial charge in [0.05, 0.1) is 19.2 Å². The molecule has 1 heterocycles. The third-order valence-electron chi connectivity index (χ3n) is 4.92. The summed E-state index contributed by atoms with van der Waals surface area (Å²) in [5, 5.41) is 4.24. The number of methoxy groups -OCH3 is 2. The lowest BCUT2D eigenvalue weighted by atomic mass is 10.0. The number of rotatable bonds is 7. The molecule has 0 atom stereocenters. The maximum Gasteiger partial charge on any atom is 0.179 e. The molecule has 0 bridgehead atoms. The Bertz CT molecular complexity index is 705. The van der Waals surface area contributed by atoms with Gasteiger partial charge in [-0.3, -0.25) is 4.90 Å². The van der Waals surface area contributed by atoms with Crippen LogP contribution in [0.2, 0.25) is 5.02 Å². The lowest BCUT2D eigenvalue weighted by Gasteiger charge is -2.32. The average molecular weight is 411 g/mol. The SMILES string of the molecule is COc1cc(CNC2CCN(Cc3ccccc3)CC2)cc(Cl)c1OC.Cl. The van der Waals surface area contributed by atoms with Crippen LogP contribution in [0.1, 0.15) is 24.0 Å². The molecule has 0 radical (unpaired) electrons. The second-order valence-electron chi connectivity index (χ2n) is 6.73. The van der Waals surface area contributed by atoms with E-state index in [9.17, 15) is 0 Å². The lowest BCUT2D eigenvalue weighted by molar-refractivity contribution is 0.190. The molecular formula is C21H28Cl2N2O2. The highest BCUT2D eigenvalue weighted by Gasteiger charge is 2.19. The number of likely N-dealkylation sites (tertiary alicyclic amines) is 1. The van der Waals surface area contributed by atoms with Crippen LogP contribution < -0.4 is 14.8 Å². The lowest BCUT2D eigenvalue weighted by Crippen LogP contribution is -2.41. The Morgan fingerprint density at radius 1 is 1.04 bits per heavy atom. The normalized spacial score (nSPS) is 15.2. The molecule has 4 nitrogen and oxygen atoms in total. The van der Waals surface area contributed by atoms with Crippen LogP contribution in [0.4, 0.5) is 0 Å². The van der Waals surface area contributed by atoms with Crippen LogP contribution in [0.15, 0.2) is 42.5 Å². The number of piperidine rings is 1. The quantitative estimate of drug-likeness (QED) is 0.726. The second-order valence-corrected chi connectivity index (χ2v) is 7.14. The second kappa shape index (κ2) is 10.8. The first-order chi connectivity index (χ1) is 12.7. The van der Waals surface area contributed by atoms with E-state index in [1.807, 2.05) is 12.1 Å². The van der Waals surface area contributed by atoms with E-state index in [4.69, 9.17) is 21.1 Å². The minimum absolute atomic E-state index is 0. The molecule has 1 saturated heterocycles. The van der Waals surface area contributed by atoms with Crippen LogP contribution in [0.5, 0.6) is 11.5 Å². The molecule has 0 saturated carbocycles. The maximum atomic E-state index is 6.29. The van der Waals surface area contributed by atoms with Crippen LogP contribution in [0.3, 0.4) is 0 Å². The summed E-state index contributed by atoms with van der Waals surface area (Å²) in [7, 11) is 3.23. The maximum absolute atomic E-state index is 6.29. The van der Waals surface area contributed by atoms with Gasteiger partial charge in [0, 0.05) is 19.1 Å². The van der Waals surface area contributed by atoms with E-state index < -0.39 is 0 Å². The minimum Gasteiger partial charge on any atom is -0.493 e. The summed E-state index contributed by atoms with van der Waals surface area (Å²) in [5.74, 6) is 1.27. The van der Waals surface area contributed by atoms with Crippen LogP contribution in [-0.4, -0.2) is 38.3 Å². The van der Waals surface area contributed by atoms with Crippen LogP contribution >= 0.6 is 24.0 Å². The van der Waals surface area contributed by atoms with Gasteiger partial charge in [-0.1, -0.05) is 41.9 Å². The van der Waals surface area contributed by atoms with E-state index >= 15 is 0 Å². The fourth-order valence-corrected chi connectivity index (χ4v) is 3.78. The third kappa shape index (κ3) is 6.01. The van der Waals surface area contributed by atoms with E-state index in [0.717, 1.165) is 44.6 Å². The van der Waals surface area contributed by atoms with Crippen LogP contribution in [-0.2, 0) is 13.1 Å². The molecule has 1 N–H and O–H groups in total. The monoisotopic (exact) mass is 410 g/mol. The van der Waals surface area contributed by atoms with E-state index in [2.05, 4.69) is 40.5 Å². The molecule has 1 aliphatic heterocycles. The van der Waals surface area contributed by atoms with Crippen molar-refractivity contribution in [3.63, 3.8) is 0 Å². The molecule has 3 rings (SSSR count). The Kier molecular flexibility index (Phi) is 8.71. The number of hydrogen-bond acceptors (Lipinski definition) is 4. The first-order valence-electron chi connectivity index (χ1n) is 9.09. The van der Waals surface area contributed by atoms with Gasteiger partial charge in [-0.25, -0.2) is 0 Å². The molecule has 0 unspecified atom stereocenters. The molecule has 6 heteroatoms. The van der Waals surface area contributed by atoms with Gasteiger partial charge in [0.15, 0.2) is 11.5 Å². The van der Waals surface area contributed by atoms with Crippen molar-refractivity contribution in [3.8, 4) is 11.5 Å². The van der Waals surface area contributed by atoms with Gasteiger partial charge in [0.1, 0.15) is 0 Å². The molecule has 2 aromatic rings. The number of nitrogens with zero attached hydrogens (tertiary/aromatic N) is 1. The number of halogens is 2. The average Bonchev–Trinajstić information content (AvgIpc) is 2.67. The van der Waals surface area contributed by atoms with E-state index in [0.29, 0.717) is 22.6 Å². The van der Waals surface area contributed by atoms with Gasteiger partial charge >= 0.3 is 0 Å². The Hall–Kier alpha value is -1.46. The van der Waals surface area contributed by atoms with Crippen molar-refractivity contribution >= 4 is 24.0 Å². The molecule has 27 heavy (non-hydrogen) atoms. The molecule has 0 aliphatic carbocycles. The minimum atomic E-state index is 0. The molecule has 2 aromatic carbocycles.